The Hall–Kier alpha value is -1.42. The zero-order chi connectivity index (χ0) is 19.4. The summed E-state index contributed by atoms with van der Waals surface area (Å²) in [4.78, 5) is 16.3. The summed E-state index contributed by atoms with van der Waals surface area (Å²) >= 11 is 0. The first-order chi connectivity index (χ1) is 12.4. The van der Waals surface area contributed by atoms with E-state index >= 15 is 0 Å². The molecule has 8 heteroatoms. The van der Waals surface area contributed by atoms with E-state index in [1.807, 2.05) is 6.92 Å². The van der Waals surface area contributed by atoms with Gasteiger partial charge in [-0.25, -0.2) is 9.38 Å². The van der Waals surface area contributed by atoms with Crippen LogP contribution < -0.4 is 16.0 Å². The molecule has 0 spiro atoms. The molecule has 0 fully saturated rings. The van der Waals surface area contributed by atoms with Gasteiger partial charge in [-0.2, -0.15) is 0 Å². The molecule has 0 aliphatic heterocycles. The van der Waals surface area contributed by atoms with Crippen LogP contribution in [0, 0.1) is 17.7 Å². The Morgan fingerprint density at radius 1 is 1.30 bits per heavy atom. The number of nitrogens with one attached hydrogen (secondary N) is 3. The number of amides is 1. The Labute approximate surface area is 178 Å². The summed E-state index contributed by atoms with van der Waals surface area (Å²) in [5.74, 6) is 0.715. The fourth-order valence-electron chi connectivity index (χ4n) is 2.65. The second-order valence-corrected chi connectivity index (χ2v) is 6.64. The molecule has 0 saturated heterocycles. The average Bonchev–Trinajstić information content (AvgIpc) is 2.57. The van der Waals surface area contributed by atoms with Gasteiger partial charge in [0.1, 0.15) is 12.4 Å². The third kappa shape index (κ3) is 11.8. The highest BCUT2D eigenvalue weighted by Gasteiger charge is 2.11. The number of nitrogens with zero attached hydrogens (tertiary/aromatic N) is 1. The molecule has 1 atom stereocenters. The van der Waals surface area contributed by atoms with Crippen molar-refractivity contribution in [2.75, 3.05) is 31.6 Å². The lowest BCUT2D eigenvalue weighted by molar-refractivity contribution is -0.114. The molecule has 6 nitrogen and oxygen atoms in total. The van der Waals surface area contributed by atoms with E-state index in [0.29, 0.717) is 36.6 Å². The average molecular weight is 494 g/mol. The van der Waals surface area contributed by atoms with Crippen LogP contribution in [0.1, 0.15) is 33.6 Å². The van der Waals surface area contributed by atoms with Gasteiger partial charge in [-0.15, -0.1) is 24.0 Å². The highest BCUT2D eigenvalue weighted by Crippen LogP contribution is 2.14. The monoisotopic (exact) mass is 494 g/mol. The van der Waals surface area contributed by atoms with Gasteiger partial charge in [0.05, 0.1) is 0 Å². The van der Waals surface area contributed by atoms with Gasteiger partial charge in [0.2, 0.25) is 5.91 Å². The minimum absolute atomic E-state index is 0. The molecule has 1 amide bonds. The molecule has 1 aromatic rings. The van der Waals surface area contributed by atoms with Crippen LogP contribution in [0.25, 0.3) is 0 Å². The van der Waals surface area contributed by atoms with Crippen LogP contribution in [-0.2, 0) is 4.79 Å². The number of hydrogen-bond acceptors (Lipinski definition) is 3. The Morgan fingerprint density at radius 2 is 2.04 bits per heavy atom. The maximum Gasteiger partial charge on any atom is 0.246 e. The zero-order valence-electron chi connectivity index (χ0n) is 16.3. The Morgan fingerprint density at radius 3 is 2.63 bits per heavy atom. The fourth-order valence-corrected chi connectivity index (χ4v) is 2.65. The van der Waals surface area contributed by atoms with E-state index in [2.05, 4.69) is 34.8 Å². The third-order valence-corrected chi connectivity index (χ3v) is 3.73. The lowest BCUT2D eigenvalue weighted by atomic mass is 9.94. The fraction of sp³-hybridized carbons (Fsp3) is 0.579. The van der Waals surface area contributed by atoms with E-state index in [4.69, 9.17) is 0 Å². The molecule has 0 aromatic heterocycles. The predicted molar refractivity (Wildman–Crippen MR) is 119 cm³/mol. The number of rotatable bonds is 10. The van der Waals surface area contributed by atoms with Crippen LogP contribution in [-0.4, -0.2) is 43.2 Å². The number of guanidine groups is 1. The lowest BCUT2D eigenvalue weighted by Gasteiger charge is -2.20. The van der Waals surface area contributed by atoms with Crippen molar-refractivity contribution in [3.63, 3.8) is 0 Å². The summed E-state index contributed by atoms with van der Waals surface area (Å²) < 4.78 is 13.1. The molecule has 0 saturated carbocycles. The van der Waals surface area contributed by atoms with Crippen LogP contribution in [0.2, 0.25) is 0 Å². The minimum atomic E-state index is -0.401. The number of carbonyl (C=O) groups excluding carboxylic acids is 1. The SMILES string of the molecule is CCNC(=NCC(=O)Nc1cccc(F)c1)NCC(CCO)CC(C)C.I. The van der Waals surface area contributed by atoms with E-state index in [1.165, 1.54) is 18.2 Å². The van der Waals surface area contributed by atoms with Crippen LogP contribution in [0.3, 0.4) is 0 Å². The van der Waals surface area contributed by atoms with Gasteiger partial charge in [-0.05, 0) is 49.8 Å². The molecule has 154 valence electrons. The molecule has 0 aliphatic carbocycles. The first-order valence-corrected chi connectivity index (χ1v) is 9.13. The Kier molecular flexibility index (Phi) is 13.8. The molecular weight excluding hydrogens is 462 g/mol. The smallest absolute Gasteiger partial charge is 0.246 e. The maximum atomic E-state index is 13.1. The van der Waals surface area contributed by atoms with Crippen LogP contribution >= 0.6 is 24.0 Å². The van der Waals surface area contributed by atoms with Gasteiger partial charge in [0, 0.05) is 25.4 Å². The standard InChI is InChI=1S/C19H31FN4O2.HI/c1-4-21-19(22-12-15(8-9-25)10-14(2)3)23-13-18(26)24-17-7-5-6-16(20)11-17;/h5-7,11,14-15,25H,4,8-10,12-13H2,1-3H3,(H,24,26)(H2,21,22,23);1H. The predicted octanol–water partition coefficient (Wildman–Crippen LogP) is 2.98. The van der Waals surface area contributed by atoms with Crippen molar-refractivity contribution in [2.24, 2.45) is 16.8 Å². The topological polar surface area (TPSA) is 85.8 Å². The summed E-state index contributed by atoms with van der Waals surface area (Å²) in [6.07, 6.45) is 1.73. The van der Waals surface area contributed by atoms with Crippen LogP contribution in [0.4, 0.5) is 10.1 Å². The van der Waals surface area contributed by atoms with Gasteiger partial charge in [0.15, 0.2) is 5.96 Å². The van der Waals surface area contributed by atoms with E-state index < -0.39 is 5.82 Å². The second-order valence-electron chi connectivity index (χ2n) is 6.64. The number of benzene rings is 1. The van der Waals surface area contributed by atoms with Gasteiger partial charge in [0.25, 0.3) is 0 Å². The molecule has 0 heterocycles. The van der Waals surface area contributed by atoms with Crippen LogP contribution in [0.15, 0.2) is 29.3 Å². The van der Waals surface area contributed by atoms with Crippen molar-refractivity contribution in [3.05, 3.63) is 30.1 Å². The minimum Gasteiger partial charge on any atom is -0.396 e. The van der Waals surface area contributed by atoms with Crippen LogP contribution in [0.5, 0.6) is 0 Å². The number of aliphatic hydroxyl groups excluding tert-OH is 1. The first-order valence-electron chi connectivity index (χ1n) is 9.13. The Balaban J connectivity index is 0.00000676. The van der Waals surface area contributed by atoms with E-state index in [0.717, 1.165) is 12.8 Å². The van der Waals surface area contributed by atoms with Gasteiger partial charge in [-0.1, -0.05) is 19.9 Å². The largest absolute Gasteiger partial charge is 0.396 e. The molecule has 4 N–H and O–H groups in total. The first kappa shape index (κ1) is 25.6. The summed E-state index contributed by atoms with van der Waals surface area (Å²) in [7, 11) is 0. The van der Waals surface area contributed by atoms with E-state index in [1.54, 1.807) is 6.07 Å². The number of aliphatic hydroxyl groups is 1. The lowest BCUT2D eigenvalue weighted by Crippen LogP contribution is -2.40. The number of anilines is 1. The van der Waals surface area contributed by atoms with Gasteiger partial charge in [-0.3, -0.25) is 4.79 Å². The molecular formula is C19H32FIN4O2. The molecule has 1 aromatic carbocycles. The van der Waals surface area contributed by atoms with E-state index in [-0.39, 0.29) is 43.0 Å². The summed E-state index contributed by atoms with van der Waals surface area (Å²) in [6, 6.07) is 5.74. The highest BCUT2D eigenvalue weighted by molar-refractivity contribution is 14.0. The van der Waals surface area contributed by atoms with Crippen molar-refractivity contribution in [1.29, 1.82) is 0 Å². The van der Waals surface area contributed by atoms with Crippen molar-refractivity contribution < 1.29 is 14.3 Å². The van der Waals surface area contributed by atoms with E-state index in [9.17, 15) is 14.3 Å². The normalized spacial score (nSPS) is 12.3. The molecule has 27 heavy (non-hydrogen) atoms. The van der Waals surface area contributed by atoms with Crippen molar-refractivity contribution in [2.45, 2.75) is 33.6 Å². The number of hydrogen-bond donors (Lipinski definition) is 4. The molecule has 0 radical (unpaired) electrons. The quantitative estimate of drug-likeness (QED) is 0.229. The van der Waals surface area contributed by atoms with Crippen molar-refractivity contribution in [3.8, 4) is 0 Å². The molecule has 1 unspecified atom stereocenters. The van der Waals surface area contributed by atoms with Gasteiger partial charge >= 0.3 is 0 Å². The second kappa shape index (κ2) is 14.6. The molecule has 0 bridgehead atoms. The molecule has 1 rings (SSSR count). The number of carbonyl (C=O) groups is 1. The Bertz CT molecular complexity index is 585. The molecule has 0 aliphatic rings. The number of halogens is 2. The maximum absolute atomic E-state index is 13.1. The summed E-state index contributed by atoms with van der Waals surface area (Å²) in [6.45, 7) is 7.69. The van der Waals surface area contributed by atoms with Crippen molar-refractivity contribution >= 4 is 41.5 Å². The van der Waals surface area contributed by atoms with Gasteiger partial charge < -0.3 is 21.1 Å². The third-order valence-electron chi connectivity index (χ3n) is 3.73. The van der Waals surface area contributed by atoms with Crippen molar-refractivity contribution in [1.82, 2.24) is 10.6 Å². The number of aliphatic imine (C=N–C) groups is 1. The summed E-state index contributed by atoms with van der Waals surface area (Å²) in [5.41, 5.74) is 0.406. The zero-order valence-corrected chi connectivity index (χ0v) is 18.6. The highest BCUT2D eigenvalue weighted by atomic mass is 127. The summed E-state index contributed by atoms with van der Waals surface area (Å²) in [5, 5.41) is 18.1.